The Morgan fingerprint density at radius 2 is 1.45 bits per heavy atom. The van der Waals surface area contributed by atoms with Gasteiger partial charge in [0.25, 0.3) is 0 Å². The van der Waals surface area contributed by atoms with Gasteiger partial charge in [-0.1, -0.05) is 48.5 Å². The predicted molar refractivity (Wildman–Crippen MR) is 89.6 cm³/mol. The Morgan fingerprint density at radius 1 is 0.864 bits per heavy atom. The molecule has 116 valence electrons. The van der Waals surface area contributed by atoms with Gasteiger partial charge >= 0.3 is 0 Å². The SMILES string of the molecule is O=S1(=O)C[C@H](NCc2ccccc2)[C@@H](Nc2ccccc2)C1. The minimum Gasteiger partial charge on any atom is -0.380 e. The minimum atomic E-state index is -2.99. The number of sulfone groups is 1. The molecule has 0 radical (unpaired) electrons. The third-order valence-corrected chi connectivity index (χ3v) is 5.62. The van der Waals surface area contributed by atoms with Crippen molar-refractivity contribution in [3.8, 4) is 0 Å². The van der Waals surface area contributed by atoms with E-state index in [9.17, 15) is 8.42 Å². The number of para-hydroxylation sites is 1. The second-order valence-corrected chi connectivity index (χ2v) is 7.82. The first-order valence-electron chi connectivity index (χ1n) is 7.42. The maximum atomic E-state index is 12.0. The van der Waals surface area contributed by atoms with Crippen LogP contribution in [0.15, 0.2) is 60.7 Å². The van der Waals surface area contributed by atoms with Crippen LogP contribution in [0.5, 0.6) is 0 Å². The molecule has 1 aliphatic rings. The Bertz CT molecular complexity index is 702. The van der Waals surface area contributed by atoms with Crippen LogP contribution in [0.25, 0.3) is 0 Å². The van der Waals surface area contributed by atoms with Gasteiger partial charge in [-0.05, 0) is 17.7 Å². The molecule has 1 saturated heterocycles. The van der Waals surface area contributed by atoms with Crippen LogP contribution >= 0.6 is 0 Å². The summed E-state index contributed by atoms with van der Waals surface area (Å²) in [6.07, 6.45) is 0. The van der Waals surface area contributed by atoms with Gasteiger partial charge in [0, 0.05) is 18.3 Å². The minimum absolute atomic E-state index is 0.0783. The molecule has 1 aliphatic heterocycles. The molecular formula is C17H20N2O2S. The fourth-order valence-electron chi connectivity index (χ4n) is 2.78. The van der Waals surface area contributed by atoms with Crippen LogP contribution in [0, 0.1) is 0 Å². The highest BCUT2D eigenvalue weighted by Crippen LogP contribution is 2.18. The summed E-state index contributed by atoms with van der Waals surface area (Å²) >= 11 is 0. The van der Waals surface area contributed by atoms with E-state index < -0.39 is 9.84 Å². The van der Waals surface area contributed by atoms with E-state index in [0.717, 1.165) is 11.3 Å². The highest BCUT2D eigenvalue weighted by Gasteiger charge is 2.37. The molecule has 2 atom stereocenters. The van der Waals surface area contributed by atoms with E-state index in [0.29, 0.717) is 6.54 Å². The zero-order valence-corrected chi connectivity index (χ0v) is 13.1. The van der Waals surface area contributed by atoms with Crippen molar-refractivity contribution < 1.29 is 8.42 Å². The second-order valence-electron chi connectivity index (χ2n) is 5.67. The third kappa shape index (κ3) is 3.87. The van der Waals surface area contributed by atoms with E-state index in [1.165, 1.54) is 0 Å². The quantitative estimate of drug-likeness (QED) is 0.886. The number of nitrogens with one attached hydrogen (secondary N) is 2. The van der Waals surface area contributed by atoms with Crippen molar-refractivity contribution >= 4 is 15.5 Å². The highest BCUT2D eigenvalue weighted by molar-refractivity contribution is 7.91. The lowest BCUT2D eigenvalue weighted by Gasteiger charge is -2.22. The van der Waals surface area contributed by atoms with Crippen LogP contribution in [0.2, 0.25) is 0 Å². The van der Waals surface area contributed by atoms with Gasteiger partial charge < -0.3 is 10.6 Å². The molecule has 0 aliphatic carbocycles. The van der Waals surface area contributed by atoms with Gasteiger partial charge in [-0.15, -0.1) is 0 Å². The molecule has 0 unspecified atom stereocenters. The van der Waals surface area contributed by atoms with Crippen molar-refractivity contribution in [2.24, 2.45) is 0 Å². The van der Waals surface area contributed by atoms with Crippen LogP contribution in [-0.2, 0) is 16.4 Å². The van der Waals surface area contributed by atoms with Crippen molar-refractivity contribution in [3.05, 3.63) is 66.2 Å². The fraction of sp³-hybridized carbons (Fsp3) is 0.294. The largest absolute Gasteiger partial charge is 0.380 e. The predicted octanol–water partition coefficient (Wildman–Crippen LogP) is 2.05. The summed E-state index contributed by atoms with van der Waals surface area (Å²) < 4.78 is 23.9. The van der Waals surface area contributed by atoms with E-state index in [4.69, 9.17) is 0 Å². The Kier molecular flexibility index (Phi) is 4.45. The maximum absolute atomic E-state index is 12.0. The van der Waals surface area contributed by atoms with E-state index >= 15 is 0 Å². The van der Waals surface area contributed by atoms with Gasteiger partial charge in [-0.3, -0.25) is 0 Å². The number of hydrogen-bond acceptors (Lipinski definition) is 4. The summed E-state index contributed by atoms with van der Waals surface area (Å²) in [5.74, 6) is 0.360. The van der Waals surface area contributed by atoms with E-state index in [2.05, 4.69) is 10.6 Å². The van der Waals surface area contributed by atoms with Gasteiger partial charge in [0.05, 0.1) is 17.5 Å². The lowest BCUT2D eigenvalue weighted by Crippen LogP contribution is -2.42. The number of rotatable bonds is 5. The zero-order valence-electron chi connectivity index (χ0n) is 12.3. The summed E-state index contributed by atoms with van der Waals surface area (Å²) in [7, 11) is -2.99. The Labute approximate surface area is 131 Å². The molecule has 4 nitrogen and oxygen atoms in total. The Morgan fingerprint density at radius 3 is 2.14 bits per heavy atom. The molecule has 1 heterocycles. The first-order chi connectivity index (χ1) is 10.6. The molecule has 3 rings (SSSR count). The van der Waals surface area contributed by atoms with Crippen molar-refractivity contribution in [2.45, 2.75) is 18.6 Å². The normalized spacial score (nSPS) is 23.3. The molecule has 0 spiro atoms. The summed E-state index contributed by atoms with van der Waals surface area (Å²) in [4.78, 5) is 0. The third-order valence-electron chi connectivity index (χ3n) is 3.89. The molecule has 2 N–H and O–H groups in total. The Balaban J connectivity index is 1.67. The molecule has 5 heteroatoms. The average Bonchev–Trinajstić information content (AvgIpc) is 2.81. The zero-order chi connectivity index (χ0) is 15.4. The molecular weight excluding hydrogens is 296 g/mol. The number of anilines is 1. The smallest absolute Gasteiger partial charge is 0.153 e. The van der Waals surface area contributed by atoms with E-state index in [1.807, 2.05) is 60.7 Å². The fourth-order valence-corrected chi connectivity index (χ4v) is 4.68. The lowest BCUT2D eigenvalue weighted by molar-refractivity contribution is 0.521. The lowest BCUT2D eigenvalue weighted by atomic mass is 10.1. The van der Waals surface area contributed by atoms with E-state index in [1.54, 1.807) is 0 Å². The van der Waals surface area contributed by atoms with Gasteiger partial charge in [0.15, 0.2) is 9.84 Å². The molecule has 0 amide bonds. The van der Waals surface area contributed by atoms with Crippen LogP contribution in [0.3, 0.4) is 0 Å². The molecule has 0 bridgehead atoms. The first kappa shape index (κ1) is 15.1. The van der Waals surface area contributed by atoms with Crippen LogP contribution in [-0.4, -0.2) is 32.0 Å². The van der Waals surface area contributed by atoms with Crippen molar-refractivity contribution in [1.82, 2.24) is 5.32 Å². The first-order valence-corrected chi connectivity index (χ1v) is 9.24. The van der Waals surface area contributed by atoms with Gasteiger partial charge in [-0.25, -0.2) is 8.42 Å². The summed E-state index contributed by atoms with van der Waals surface area (Å²) in [5, 5.41) is 6.72. The van der Waals surface area contributed by atoms with Crippen LogP contribution in [0.4, 0.5) is 5.69 Å². The van der Waals surface area contributed by atoms with Gasteiger partial charge in [0.2, 0.25) is 0 Å². The molecule has 2 aromatic carbocycles. The van der Waals surface area contributed by atoms with Crippen molar-refractivity contribution in [3.63, 3.8) is 0 Å². The number of benzene rings is 2. The monoisotopic (exact) mass is 316 g/mol. The molecule has 0 aromatic heterocycles. The van der Waals surface area contributed by atoms with Gasteiger partial charge in [-0.2, -0.15) is 0 Å². The molecule has 22 heavy (non-hydrogen) atoms. The maximum Gasteiger partial charge on any atom is 0.153 e. The molecule has 0 saturated carbocycles. The number of hydrogen-bond donors (Lipinski definition) is 2. The van der Waals surface area contributed by atoms with E-state index in [-0.39, 0.29) is 23.6 Å². The Hall–Kier alpha value is -1.85. The summed E-state index contributed by atoms with van der Waals surface area (Å²) in [6.45, 7) is 0.675. The highest BCUT2D eigenvalue weighted by atomic mass is 32.2. The summed E-state index contributed by atoms with van der Waals surface area (Å²) in [5.41, 5.74) is 2.11. The van der Waals surface area contributed by atoms with Crippen LogP contribution in [0.1, 0.15) is 5.56 Å². The second kappa shape index (κ2) is 6.50. The topological polar surface area (TPSA) is 58.2 Å². The molecule has 1 fully saturated rings. The van der Waals surface area contributed by atoms with Crippen molar-refractivity contribution in [2.75, 3.05) is 16.8 Å². The van der Waals surface area contributed by atoms with Crippen LogP contribution < -0.4 is 10.6 Å². The molecule has 2 aromatic rings. The van der Waals surface area contributed by atoms with Gasteiger partial charge in [0.1, 0.15) is 0 Å². The summed E-state index contributed by atoms with van der Waals surface area (Å²) in [6, 6.07) is 19.6. The average molecular weight is 316 g/mol. The standard InChI is InChI=1S/C17H20N2O2S/c20-22(21)12-16(18-11-14-7-3-1-4-8-14)17(13-22)19-15-9-5-2-6-10-15/h1-10,16-19H,11-13H2/t16-,17-/m0/s1. The van der Waals surface area contributed by atoms with Crippen molar-refractivity contribution in [1.29, 1.82) is 0 Å².